The number of halogens is 3. The van der Waals surface area contributed by atoms with E-state index in [1.807, 2.05) is 6.07 Å². The minimum Gasteiger partial charge on any atom is -0.493 e. The summed E-state index contributed by atoms with van der Waals surface area (Å²) in [6.07, 6.45) is -3.44. The van der Waals surface area contributed by atoms with Crippen molar-refractivity contribution in [2.24, 2.45) is 0 Å². The van der Waals surface area contributed by atoms with E-state index in [0.29, 0.717) is 52.5 Å². The lowest BCUT2D eigenvalue weighted by Gasteiger charge is -2.39. The highest BCUT2D eigenvalue weighted by Gasteiger charge is 2.57. The molecule has 0 amide bonds. The lowest BCUT2D eigenvalue weighted by molar-refractivity contribution is -0.272. The van der Waals surface area contributed by atoms with E-state index in [9.17, 15) is 28.3 Å². The first-order valence-electron chi connectivity index (χ1n) is 15.2. The Bertz CT molecular complexity index is 1830. The van der Waals surface area contributed by atoms with Gasteiger partial charge in [-0.3, -0.25) is 9.69 Å². The van der Waals surface area contributed by atoms with Crippen molar-refractivity contribution < 1.29 is 47.1 Å². The molecule has 13 heteroatoms. The predicted molar refractivity (Wildman–Crippen MR) is 170 cm³/mol. The second kappa shape index (κ2) is 14.0. The van der Waals surface area contributed by atoms with Crippen LogP contribution in [0, 0.1) is 11.3 Å². The predicted octanol–water partition coefficient (Wildman–Crippen LogP) is 5.51. The van der Waals surface area contributed by atoms with Gasteiger partial charge in [-0.15, -0.1) is 0 Å². The number of alkyl halides is 3. The Morgan fingerprint density at radius 1 is 0.917 bits per heavy atom. The summed E-state index contributed by atoms with van der Waals surface area (Å²) in [5.41, 5.74) is -1.63. The first kappa shape index (κ1) is 34.4. The number of carboxylic acids is 1. The van der Waals surface area contributed by atoms with Crippen LogP contribution in [0.4, 0.5) is 13.2 Å². The number of methoxy groups -OCH3 is 3. The number of likely N-dealkylation sites (tertiary alicyclic amines) is 1. The zero-order valence-corrected chi connectivity index (χ0v) is 26.7. The number of aliphatic hydroxyl groups is 1. The fraction of sp³-hybridized carbons (Fsp3) is 0.371. The number of hydrogen-bond donors (Lipinski definition) is 2. The Morgan fingerprint density at radius 2 is 1.54 bits per heavy atom. The Balaban J connectivity index is 1.39. The molecule has 1 aliphatic heterocycles. The number of aromatic nitrogens is 1. The normalized spacial score (nSPS) is 15.5. The van der Waals surface area contributed by atoms with Crippen LogP contribution in [0.15, 0.2) is 60.8 Å². The topological polar surface area (TPSA) is 126 Å². The van der Waals surface area contributed by atoms with Crippen LogP contribution >= 0.6 is 0 Å². The summed E-state index contributed by atoms with van der Waals surface area (Å²) in [7, 11) is 4.43. The van der Waals surface area contributed by atoms with Gasteiger partial charge in [-0.1, -0.05) is 18.2 Å². The van der Waals surface area contributed by atoms with Gasteiger partial charge in [-0.2, -0.15) is 18.4 Å². The van der Waals surface area contributed by atoms with Crippen LogP contribution in [0.3, 0.4) is 0 Å². The van der Waals surface area contributed by atoms with Crippen molar-refractivity contribution in [1.29, 1.82) is 5.26 Å². The second-order valence-corrected chi connectivity index (χ2v) is 11.7. The number of hydrogen-bond acceptors (Lipinski definition) is 8. The highest BCUT2D eigenvalue weighted by atomic mass is 19.4. The van der Waals surface area contributed by atoms with Crippen LogP contribution in [-0.4, -0.2) is 78.9 Å². The molecule has 1 unspecified atom stereocenters. The number of carbonyl (C=O) groups is 1. The molecule has 0 saturated carbocycles. The van der Waals surface area contributed by atoms with Gasteiger partial charge in [-0.25, -0.2) is 0 Å². The molecule has 0 aliphatic carbocycles. The fourth-order valence-electron chi connectivity index (χ4n) is 6.11. The highest BCUT2D eigenvalue weighted by molar-refractivity contribution is 5.86. The van der Waals surface area contributed by atoms with Crippen molar-refractivity contribution in [2.75, 3.05) is 41.0 Å². The van der Waals surface area contributed by atoms with Crippen molar-refractivity contribution >= 4 is 16.9 Å². The average Bonchev–Trinajstić information content (AvgIpc) is 3.43. The molecule has 0 bridgehead atoms. The number of benzene rings is 3. The summed E-state index contributed by atoms with van der Waals surface area (Å²) in [5, 5.41) is 30.4. The number of ether oxygens (including phenoxy) is 4. The molecular formula is C35H36F3N3O7. The molecule has 0 radical (unpaired) electrons. The number of β-amino-alcohol motifs (C(OH)–C–C–N with tert-alkyl or cyclic N) is 1. The maximum absolute atomic E-state index is 15.0. The van der Waals surface area contributed by atoms with Gasteiger partial charge in [0.15, 0.2) is 23.0 Å². The van der Waals surface area contributed by atoms with E-state index in [-0.39, 0.29) is 48.7 Å². The van der Waals surface area contributed by atoms with E-state index >= 15 is 0 Å². The standard InChI is InChI=1S/C35H36F3N3O7/c1-45-29-8-6-24(16-31(29)46-2)19-41-20-27(26-7-4-23(18-39)14-28(26)41)34(44,35(36,37)38)21-40-12-10-25(11-13-40)48-30-9-5-22(17-33(42)43)15-32(30)47-3/h4-9,14-16,20,25,44H,10-13,17,19,21H2,1-3H3,(H,42,43). The SMILES string of the molecule is COc1ccc(Cn2cc(C(O)(CN3CCC(Oc4ccc(CC(=O)O)cc4OC)CC3)C(F)(F)F)c3ccc(C#N)cc32)cc1OC. The van der Waals surface area contributed by atoms with E-state index in [0.717, 1.165) is 0 Å². The van der Waals surface area contributed by atoms with Gasteiger partial charge in [0.05, 0.1) is 44.9 Å². The Labute approximate surface area is 275 Å². The van der Waals surface area contributed by atoms with Gasteiger partial charge in [0.25, 0.3) is 0 Å². The highest BCUT2D eigenvalue weighted by Crippen LogP contribution is 2.44. The molecule has 10 nitrogen and oxygen atoms in total. The lowest BCUT2D eigenvalue weighted by Crippen LogP contribution is -2.53. The number of carboxylic acid groups (broad SMARTS) is 1. The van der Waals surface area contributed by atoms with Crippen LogP contribution in [0.5, 0.6) is 23.0 Å². The molecule has 4 aromatic rings. The molecular weight excluding hydrogens is 631 g/mol. The molecule has 5 rings (SSSR count). The summed E-state index contributed by atoms with van der Waals surface area (Å²) in [6.45, 7) is -0.105. The monoisotopic (exact) mass is 667 g/mol. The molecule has 3 aromatic carbocycles. The van der Waals surface area contributed by atoms with Gasteiger partial charge < -0.3 is 33.7 Å². The van der Waals surface area contributed by atoms with Gasteiger partial charge in [0, 0.05) is 43.3 Å². The molecule has 254 valence electrons. The number of aliphatic carboxylic acids is 1. The molecule has 2 heterocycles. The second-order valence-electron chi connectivity index (χ2n) is 11.7. The van der Waals surface area contributed by atoms with Gasteiger partial charge >= 0.3 is 12.1 Å². The Kier molecular flexibility index (Phi) is 10.1. The minimum atomic E-state index is -5.03. The van der Waals surface area contributed by atoms with Crippen molar-refractivity contribution in [2.45, 2.75) is 43.7 Å². The number of fused-ring (bicyclic) bond motifs is 1. The van der Waals surface area contributed by atoms with E-state index < -0.39 is 24.3 Å². The zero-order valence-electron chi connectivity index (χ0n) is 26.7. The van der Waals surface area contributed by atoms with Crippen LogP contribution in [0.25, 0.3) is 10.9 Å². The van der Waals surface area contributed by atoms with E-state index in [1.54, 1.807) is 45.9 Å². The first-order chi connectivity index (χ1) is 22.9. The smallest absolute Gasteiger partial charge is 0.422 e. The Hall–Kier alpha value is -4.93. The Morgan fingerprint density at radius 3 is 2.17 bits per heavy atom. The maximum Gasteiger partial charge on any atom is 0.422 e. The van der Waals surface area contributed by atoms with E-state index in [2.05, 4.69) is 0 Å². The third-order valence-electron chi connectivity index (χ3n) is 8.59. The van der Waals surface area contributed by atoms with Crippen molar-refractivity contribution in [1.82, 2.24) is 9.47 Å². The van der Waals surface area contributed by atoms with Gasteiger partial charge in [0.2, 0.25) is 5.60 Å². The minimum absolute atomic E-state index is 0.142. The van der Waals surface area contributed by atoms with Gasteiger partial charge in [0.1, 0.15) is 6.10 Å². The molecule has 1 saturated heterocycles. The fourth-order valence-corrected chi connectivity index (χ4v) is 6.11. The zero-order chi connectivity index (χ0) is 34.6. The number of rotatable bonds is 12. The quantitative estimate of drug-likeness (QED) is 0.201. The summed E-state index contributed by atoms with van der Waals surface area (Å²) < 4.78 is 68.6. The molecule has 1 aliphatic rings. The van der Waals surface area contributed by atoms with Gasteiger partial charge in [-0.05, 0) is 60.4 Å². The van der Waals surface area contributed by atoms with Crippen molar-refractivity contribution in [3.8, 4) is 29.1 Å². The lowest BCUT2D eigenvalue weighted by atomic mass is 9.90. The molecule has 1 aromatic heterocycles. The van der Waals surface area contributed by atoms with Crippen LogP contribution in [-0.2, 0) is 23.4 Å². The molecule has 48 heavy (non-hydrogen) atoms. The molecule has 0 spiro atoms. The van der Waals surface area contributed by atoms with Crippen LogP contribution < -0.4 is 18.9 Å². The third-order valence-corrected chi connectivity index (χ3v) is 8.59. The largest absolute Gasteiger partial charge is 0.493 e. The summed E-state index contributed by atoms with van der Waals surface area (Å²) >= 11 is 0. The number of nitrogens with zero attached hydrogens (tertiary/aromatic N) is 3. The number of nitriles is 1. The average molecular weight is 668 g/mol. The summed E-state index contributed by atoms with van der Waals surface area (Å²) in [6, 6.07) is 16.5. The summed E-state index contributed by atoms with van der Waals surface area (Å²) in [4.78, 5) is 12.6. The van der Waals surface area contributed by atoms with Crippen LogP contribution in [0.2, 0.25) is 0 Å². The van der Waals surface area contributed by atoms with E-state index in [1.165, 1.54) is 45.7 Å². The molecule has 2 N–H and O–H groups in total. The number of piperidine rings is 1. The van der Waals surface area contributed by atoms with Crippen molar-refractivity contribution in [3.63, 3.8) is 0 Å². The summed E-state index contributed by atoms with van der Waals surface area (Å²) in [5.74, 6) is 0.755. The molecule has 1 fully saturated rings. The first-order valence-corrected chi connectivity index (χ1v) is 15.2. The maximum atomic E-state index is 15.0. The van der Waals surface area contributed by atoms with Crippen molar-refractivity contribution in [3.05, 3.63) is 83.0 Å². The third kappa shape index (κ3) is 7.14. The van der Waals surface area contributed by atoms with Crippen LogP contribution in [0.1, 0.15) is 35.1 Å². The van der Waals surface area contributed by atoms with E-state index in [4.69, 9.17) is 24.1 Å². The molecule has 1 atom stereocenters.